The average Bonchev–Trinajstić information content (AvgIpc) is 3.67. The molecule has 1 aliphatic rings. The van der Waals surface area contributed by atoms with Crippen molar-refractivity contribution in [3.63, 3.8) is 0 Å². The molecule has 0 saturated carbocycles. The van der Waals surface area contributed by atoms with Crippen LogP contribution < -0.4 is 21.7 Å². The molecule has 2 aromatic heterocycles. The van der Waals surface area contributed by atoms with Gasteiger partial charge in [-0.15, -0.1) is 35.1 Å². The molecular weight excluding hydrogens is 634 g/mol. The number of benzene rings is 1. The summed E-state index contributed by atoms with van der Waals surface area (Å²) in [6, 6.07) is 8.00. The fourth-order valence-electron chi connectivity index (χ4n) is 4.95. The van der Waals surface area contributed by atoms with E-state index in [-0.39, 0.29) is 78.9 Å². The number of hydrogen-bond donors (Lipinski definition) is 4. The van der Waals surface area contributed by atoms with E-state index in [2.05, 4.69) is 25.9 Å². The minimum absolute atomic E-state index is 0. The highest BCUT2D eigenvalue weighted by Crippen LogP contribution is 2.27. The smallest absolute Gasteiger partial charge is 0.271 e. The second-order valence-corrected chi connectivity index (χ2v) is 13.5. The van der Waals surface area contributed by atoms with Crippen molar-refractivity contribution in [1.29, 1.82) is 0 Å². The molecule has 3 heterocycles. The van der Waals surface area contributed by atoms with Crippen LogP contribution in [0, 0.1) is 11.8 Å². The van der Waals surface area contributed by atoms with Crippen LogP contribution in [0.2, 0.25) is 0 Å². The van der Waals surface area contributed by atoms with Gasteiger partial charge < -0.3 is 26.6 Å². The third-order valence-corrected chi connectivity index (χ3v) is 9.11. The second kappa shape index (κ2) is 16.8. The number of nitrogens with zero attached hydrogens (tertiary/aromatic N) is 3. The van der Waals surface area contributed by atoms with Gasteiger partial charge in [0.05, 0.1) is 24.7 Å². The maximum Gasteiger partial charge on any atom is 0.271 e. The SMILES string of the molecule is CC(C)C[C@H](N)C(=O)N1CCCNC(=O)c2csc(n2)[C@H](C(C)C)NC(=O)c2csc(n2)[C@H](Cc2ccccc2)NC(=O)C1.Cl. The van der Waals surface area contributed by atoms with Gasteiger partial charge in [-0.05, 0) is 36.7 Å². The topological polar surface area (TPSA) is 159 Å². The van der Waals surface area contributed by atoms with E-state index in [9.17, 15) is 19.2 Å². The number of carbonyl (C=O) groups excluding carboxylic acids is 4. The molecule has 244 valence electrons. The lowest BCUT2D eigenvalue weighted by Crippen LogP contribution is -2.49. The molecule has 0 saturated heterocycles. The molecule has 4 bridgehead atoms. The van der Waals surface area contributed by atoms with Crippen LogP contribution in [-0.2, 0) is 16.0 Å². The van der Waals surface area contributed by atoms with Gasteiger partial charge in [0, 0.05) is 23.8 Å². The second-order valence-electron chi connectivity index (χ2n) is 11.8. The number of hydrogen-bond acceptors (Lipinski definition) is 9. The zero-order chi connectivity index (χ0) is 31.8. The van der Waals surface area contributed by atoms with E-state index >= 15 is 0 Å². The van der Waals surface area contributed by atoms with Crippen LogP contribution in [0.3, 0.4) is 0 Å². The third kappa shape index (κ3) is 10.1. The van der Waals surface area contributed by atoms with Crippen LogP contribution in [-0.4, -0.2) is 64.2 Å². The molecule has 11 nitrogen and oxygen atoms in total. The largest absolute Gasteiger partial charge is 0.351 e. The van der Waals surface area contributed by atoms with Gasteiger partial charge in [0.1, 0.15) is 21.4 Å². The Morgan fingerprint density at radius 1 is 0.978 bits per heavy atom. The first kappa shape index (κ1) is 36.1. The first-order valence-corrected chi connectivity index (χ1v) is 16.6. The van der Waals surface area contributed by atoms with E-state index < -0.39 is 18.1 Å². The molecule has 3 atom stereocenters. The van der Waals surface area contributed by atoms with E-state index in [1.54, 1.807) is 10.8 Å². The quantitative estimate of drug-likeness (QED) is 0.309. The zero-order valence-electron chi connectivity index (χ0n) is 25.9. The van der Waals surface area contributed by atoms with Crippen molar-refractivity contribution in [2.24, 2.45) is 17.6 Å². The summed E-state index contributed by atoms with van der Waals surface area (Å²) in [7, 11) is 0. The van der Waals surface area contributed by atoms with E-state index in [0.717, 1.165) is 5.56 Å². The minimum atomic E-state index is -0.749. The first-order valence-electron chi connectivity index (χ1n) is 14.9. The van der Waals surface area contributed by atoms with Crippen molar-refractivity contribution >= 4 is 58.7 Å². The highest BCUT2D eigenvalue weighted by atomic mass is 35.5. The van der Waals surface area contributed by atoms with Crippen molar-refractivity contribution in [1.82, 2.24) is 30.8 Å². The average molecular weight is 676 g/mol. The highest BCUT2D eigenvalue weighted by molar-refractivity contribution is 7.10. The van der Waals surface area contributed by atoms with Crippen molar-refractivity contribution in [2.75, 3.05) is 19.6 Å². The molecule has 1 aliphatic heterocycles. The number of fused-ring (bicyclic) bond motifs is 4. The van der Waals surface area contributed by atoms with Crippen LogP contribution in [0.5, 0.6) is 0 Å². The number of nitrogens with two attached hydrogens (primary N) is 1. The van der Waals surface area contributed by atoms with Gasteiger partial charge in [-0.3, -0.25) is 19.2 Å². The molecule has 0 spiro atoms. The summed E-state index contributed by atoms with van der Waals surface area (Å²) in [4.78, 5) is 63.6. The van der Waals surface area contributed by atoms with E-state index in [0.29, 0.717) is 29.3 Å². The Labute approximate surface area is 278 Å². The summed E-state index contributed by atoms with van der Waals surface area (Å²) < 4.78 is 0. The fraction of sp³-hybridized carbons (Fsp3) is 0.484. The van der Waals surface area contributed by atoms with Gasteiger partial charge in [0.25, 0.3) is 11.8 Å². The summed E-state index contributed by atoms with van der Waals surface area (Å²) in [5.74, 6) is -1.19. The maximum absolute atomic E-state index is 13.5. The molecule has 4 amide bonds. The molecule has 45 heavy (non-hydrogen) atoms. The Morgan fingerprint density at radius 3 is 2.29 bits per heavy atom. The Morgan fingerprint density at radius 2 is 1.62 bits per heavy atom. The normalized spacial score (nSPS) is 19.0. The van der Waals surface area contributed by atoms with Crippen molar-refractivity contribution in [3.8, 4) is 0 Å². The number of halogens is 1. The number of thiazole rings is 2. The van der Waals surface area contributed by atoms with Gasteiger partial charge in [0.15, 0.2) is 0 Å². The standard InChI is InChI=1S/C31H41N7O4S2.ClH/c1-18(2)13-21(32)31(42)38-12-8-11-33-27(40)23-16-44-30(36-23)26(19(3)4)37-28(41)24-17-43-29(35-24)22(34-25(39)15-38)14-20-9-6-5-7-10-20;/h5-7,9-10,16-19,21-22,26H,8,11-15,32H2,1-4H3,(H,33,40)(H,34,39)(H,37,41);1H/t21-,22-,26-;/m0./s1. The monoisotopic (exact) mass is 675 g/mol. The van der Waals surface area contributed by atoms with E-state index in [1.165, 1.54) is 27.6 Å². The molecule has 14 heteroatoms. The van der Waals surface area contributed by atoms with Gasteiger partial charge in [-0.2, -0.15) is 0 Å². The summed E-state index contributed by atoms with van der Waals surface area (Å²) in [6.07, 6.45) is 1.35. The minimum Gasteiger partial charge on any atom is -0.351 e. The maximum atomic E-state index is 13.5. The van der Waals surface area contributed by atoms with Crippen LogP contribution in [0.15, 0.2) is 41.1 Å². The molecule has 4 rings (SSSR count). The van der Waals surface area contributed by atoms with Gasteiger partial charge in [0.2, 0.25) is 11.8 Å². The van der Waals surface area contributed by atoms with Gasteiger partial charge >= 0.3 is 0 Å². The molecule has 0 unspecified atom stereocenters. The van der Waals surface area contributed by atoms with Crippen molar-refractivity contribution in [3.05, 3.63) is 68.1 Å². The molecule has 0 aliphatic carbocycles. The number of carbonyl (C=O) groups is 4. The Balaban J connectivity index is 0.00000552. The third-order valence-electron chi connectivity index (χ3n) is 7.22. The lowest BCUT2D eigenvalue weighted by Gasteiger charge is -2.27. The lowest BCUT2D eigenvalue weighted by atomic mass is 10.0. The molecule has 5 N–H and O–H groups in total. The van der Waals surface area contributed by atoms with Crippen LogP contribution >= 0.6 is 35.1 Å². The van der Waals surface area contributed by atoms with Crippen LogP contribution in [0.4, 0.5) is 0 Å². The number of amides is 4. The predicted molar refractivity (Wildman–Crippen MR) is 179 cm³/mol. The Kier molecular flexibility index (Phi) is 13.5. The predicted octanol–water partition coefficient (Wildman–Crippen LogP) is 3.88. The highest BCUT2D eigenvalue weighted by Gasteiger charge is 2.28. The zero-order valence-corrected chi connectivity index (χ0v) is 28.4. The fourth-order valence-corrected chi connectivity index (χ4v) is 6.82. The molecule has 3 aromatic rings. The number of nitrogens with one attached hydrogen (secondary N) is 3. The first-order chi connectivity index (χ1) is 21.0. The Hall–Kier alpha value is -3.39. The van der Waals surface area contributed by atoms with Gasteiger partial charge in [-0.25, -0.2) is 9.97 Å². The molecule has 1 aromatic carbocycles. The summed E-state index contributed by atoms with van der Waals surface area (Å²) in [5, 5.41) is 13.5. The van der Waals surface area contributed by atoms with Gasteiger partial charge in [-0.1, -0.05) is 58.0 Å². The van der Waals surface area contributed by atoms with Crippen molar-refractivity contribution < 1.29 is 19.2 Å². The molecular formula is C31H42ClN7O4S2. The van der Waals surface area contributed by atoms with Crippen molar-refractivity contribution in [2.45, 2.75) is 65.1 Å². The van der Waals surface area contributed by atoms with E-state index in [4.69, 9.17) is 5.73 Å². The number of rotatable bonds is 6. The summed E-state index contributed by atoms with van der Waals surface area (Å²) >= 11 is 2.60. The molecule has 0 fully saturated rings. The van der Waals surface area contributed by atoms with Crippen LogP contribution in [0.25, 0.3) is 0 Å². The Bertz CT molecular complexity index is 1450. The number of aromatic nitrogens is 2. The van der Waals surface area contributed by atoms with E-state index in [1.807, 2.05) is 58.0 Å². The van der Waals surface area contributed by atoms with Crippen LogP contribution in [0.1, 0.15) is 89.2 Å². The summed E-state index contributed by atoms with van der Waals surface area (Å²) in [5.41, 5.74) is 7.72. The lowest BCUT2D eigenvalue weighted by molar-refractivity contribution is -0.137. The summed E-state index contributed by atoms with van der Waals surface area (Å²) in [6.45, 7) is 8.23. The molecule has 0 radical (unpaired) electrons.